The number of carbonyl (C=O) groups excluding carboxylic acids is 1. The number of ether oxygens (including phenoxy) is 1. The molecule has 5 heteroatoms. The average Bonchev–Trinajstić information content (AvgIpc) is 2.35. The summed E-state index contributed by atoms with van der Waals surface area (Å²) < 4.78 is 5.99. The maximum Gasteiger partial charge on any atom is 0.254 e. The predicted molar refractivity (Wildman–Crippen MR) is 76.3 cm³/mol. The normalized spacial score (nSPS) is 12.1. The second kappa shape index (κ2) is 6.20. The zero-order valence-corrected chi connectivity index (χ0v) is 12.4. The van der Waals surface area contributed by atoms with Gasteiger partial charge < -0.3 is 15.4 Å². The van der Waals surface area contributed by atoms with E-state index >= 15 is 0 Å². The van der Waals surface area contributed by atoms with Gasteiger partial charge >= 0.3 is 0 Å². The van der Waals surface area contributed by atoms with Gasteiger partial charge in [-0.15, -0.1) is 0 Å². The van der Waals surface area contributed by atoms with E-state index in [1.54, 1.807) is 31.2 Å². The minimum absolute atomic E-state index is 0.0185. The van der Waals surface area contributed by atoms with Gasteiger partial charge in [0.1, 0.15) is 5.75 Å². The van der Waals surface area contributed by atoms with E-state index < -0.39 is 0 Å². The quantitative estimate of drug-likeness (QED) is 0.843. The molecule has 1 rings (SSSR count). The lowest BCUT2D eigenvalue weighted by Gasteiger charge is -2.24. The molecule has 4 nitrogen and oxygen atoms in total. The molecular weight excluding hydrogens is 331 g/mol. The Morgan fingerprint density at radius 2 is 2.24 bits per heavy atom. The van der Waals surface area contributed by atoms with E-state index in [9.17, 15) is 4.79 Å². The highest BCUT2D eigenvalue weighted by Gasteiger charge is 2.18. The zero-order valence-electron chi connectivity index (χ0n) is 10.2. The van der Waals surface area contributed by atoms with E-state index in [4.69, 9.17) is 10.5 Å². The molecule has 0 spiro atoms. The highest BCUT2D eigenvalue weighted by Crippen LogP contribution is 2.21. The summed E-state index contributed by atoms with van der Waals surface area (Å²) in [7, 11) is 3.37. The van der Waals surface area contributed by atoms with Crippen LogP contribution in [-0.2, 0) is 0 Å². The highest BCUT2D eigenvalue weighted by atomic mass is 127. The molecule has 0 saturated heterocycles. The molecule has 0 bridgehead atoms. The molecule has 0 saturated carbocycles. The third kappa shape index (κ3) is 3.32. The van der Waals surface area contributed by atoms with Gasteiger partial charge in [-0.05, 0) is 47.7 Å². The van der Waals surface area contributed by atoms with Crippen molar-refractivity contribution in [2.24, 2.45) is 5.73 Å². The summed E-state index contributed by atoms with van der Waals surface area (Å²) in [5, 5.41) is 0. The number of likely N-dealkylation sites (N-methyl/N-ethyl adjacent to an activating group) is 1. The molecule has 0 aliphatic heterocycles. The summed E-state index contributed by atoms with van der Waals surface area (Å²) >= 11 is 2.13. The van der Waals surface area contributed by atoms with Crippen molar-refractivity contribution in [1.29, 1.82) is 0 Å². The molecule has 94 valence electrons. The fourth-order valence-corrected chi connectivity index (χ4v) is 2.06. The third-order valence-electron chi connectivity index (χ3n) is 2.73. The number of hydrogen-bond acceptors (Lipinski definition) is 3. The van der Waals surface area contributed by atoms with Gasteiger partial charge in [0.25, 0.3) is 5.91 Å². The fourth-order valence-electron chi connectivity index (χ4n) is 1.34. The van der Waals surface area contributed by atoms with Crippen LogP contribution in [0.5, 0.6) is 5.75 Å². The van der Waals surface area contributed by atoms with Crippen molar-refractivity contribution in [3.05, 3.63) is 27.3 Å². The van der Waals surface area contributed by atoms with Crippen LogP contribution in [0.4, 0.5) is 0 Å². The first-order valence-corrected chi connectivity index (χ1v) is 6.40. The molecule has 0 aliphatic rings. The highest BCUT2D eigenvalue weighted by molar-refractivity contribution is 14.1. The van der Waals surface area contributed by atoms with Crippen molar-refractivity contribution >= 4 is 28.5 Å². The lowest BCUT2D eigenvalue weighted by Crippen LogP contribution is -2.40. The Balaban J connectivity index is 2.96. The Kier molecular flexibility index (Phi) is 5.20. The Labute approximate surface area is 115 Å². The topological polar surface area (TPSA) is 55.6 Å². The van der Waals surface area contributed by atoms with Gasteiger partial charge in [0.05, 0.1) is 12.7 Å². The second-order valence-electron chi connectivity index (χ2n) is 3.85. The Morgan fingerprint density at radius 1 is 1.59 bits per heavy atom. The Morgan fingerprint density at radius 3 is 2.71 bits per heavy atom. The van der Waals surface area contributed by atoms with E-state index in [-0.39, 0.29) is 11.9 Å². The SMILES string of the molecule is COc1ccc(C(=O)N(C)C(C)CN)c(I)c1. The van der Waals surface area contributed by atoms with Crippen molar-refractivity contribution in [2.45, 2.75) is 13.0 Å². The van der Waals surface area contributed by atoms with Gasteiger partial charge in [0.15, 0.2) is 0 Å². The molecule has 17 heavy (non-hydrogen) atoms. The summed E-state index contributed by atoms with van der Waals surface area (Å²) in [6.07, 6.45) is 0. The Bertz CT molecular complexity index is 409. The number of amides is 1. The Hall–Kier alpha value is -0.820. The third-order valence-corrected chi connectivity index (χ3v) is 3.62. The van der Waals surface area contributed by atoms with Crippen LogP contribution in [-0.4, -0.2) is 37.6 Å². The summed E-state index contributed by atoms with van der Waals surface area (Å²) in [4.78, 5) is 13.8. The van der Waals surface area contributed by atoms with Crippen LogP contribution in [0, 0.1) is 3.57 Å². The van der Waals surface area contributed by atoms with Gasteiger partial charge in [-0.25, -0.2) is 0 Å². The number of carbonyl (C=O) groups is 1. The smallest absolute Gasteiger partial charge is 0.254 e. The van der Waals surface area contributed by atoms with Gasteiger partial charge in [-0.1, -0.05) is 0 Å². The van der Waals surface area contributed by atoms with Crippen LogP contribution in [0.1, 0.15) is 17.3 Å². The molecule has 1 atom stereocenters. The summed E-state index contributed by atoms with van der Waals surface area (Å²) in [6.45, 7) is 2.38. The maximum absolute atomic E-state index is 12.2. The zero-order chi connectivity index (χ0) is 13.0. The van der Waals surface area contributed by atoms with E-state index in [1.807, 2.05) is 13.0 Å². The molecule has 0 radical (unpaired) electrons. The molecule has 1 amide bonds. The van der Waals surface area contributed by atoms with Crippen molar-refractivity contribution in [3.63, 3.8) is 0 Å². The van der Waals surface area contributed by atoms with E-state index in [0.717, 1.165) is 9.32 Å². The first kappa shape index (κ1) is 14.2. The molecule has 0 aromatic heterocycles. The lowest BCUT2D eigenvalue weighted by atomic mass is 10.1. The van der Waals surface area contributed by atoms with Crippen molar-refractivity contribution < 1.29 is 9.53 Å². The van der Waals surface area contributed by atoms with Crippen LogP contribution in [0.2, 0.25) is 0 Å². The number of methoxy groups -OCH3 is 1. The average molecular weight is 348 g/mol. The number of hydrogen-bond donors (Lipinski definition) is 1. The van der Waals surface area contributed by atoms with Crippen LogP contribution in [0.25, 0.3) is 0 Å². The second-order valence-corrected chi connectivity index (χ2v) is 5.01. The minimum Gasteiger partial charge on any atom is -0.497 e. The summed E-state index contributed by atoms with van der Waals surface area (Å²) in [6, 6.07) is 5.44. The first-order chi connectivity index (χ1) is 8.01. The first-order valence-electron chi connectivity index (χ1n) is 5.32. The molecule has 0 aliphatic carbocycles. The predicted octanol–water partition coefficient (Wildman–Crippen LogP) is 1.72. The summed E-state index contributed by atoms with van der Waals surface area (Å²) in [5.74, 6) is 0.732. The van der Waals surface area contributed by atoms with Crippen molar-refractivity contribution in [3.8, 4) is 5.75 Å². The van der Waals surface area contributed by atoms with Crippen LogP contribution in [0.3, 0.4) is 0 Å². The number of nitrogens with two attached hydrogens (primary N) is 1. The monoisotopic (exact) mass is 348 g/mol. The molecule has 1 unspecified atom stereocenters. The molecule has 1 aromatic carbocycles. The largest absolute Gasteiger partial charge is 0.497 e. The van der Waals surface area contributed by atoms with Gasteiger partial charge in [0, 0.05) is 23.2 Å². The maximum atomic E-state index is 12.2. The number of benzene rings is 1. The molecule has 0 heterocycles. The standard InChI is InChI=1S/C12H17IN2O2/c1-8(7-14)15(2)12(16)10-5-4-9(17-3)6-11(10)13/h4-6,8H,7,14H2,1-3H3. The fraction of sp³-hybridized carbons (Fsp3) is 0.417. The van der Waals surface area contributed by atoms with E-state index in [2.05, 4.69) is 22.6 Å². The van der Waals surface area contributed by atoms with Gasteiger partial charge in [-0.2, -0.15) is 0 Å². The van der Waals surface area contributed by atoms with E-state index in [0.29, 0.717) is 12.1 Å². The van der Waals surface area contributed by atoms with Crippen molar-refractivity contribution in [2.75, 3.05) is 20.7 Å². The van der Waals surface area contributed by atoms with Crippen LogP contribution < -0.4 is 10.5 Å². The molecule has 1 aromatic rings. The van der Waals surface area contributed by atoms with Gasteiger partial charge in [-0.3, -0.25) is 4.79 Å². The molecular formula is C12H17IN2O2. The number of rotatable bonds is 4. The van der Waals surface area contributed by atoms with Gasteiger partial charge in [0.2, 0.25) is 0 Å². The lowest BCUT2D eigenvalue weighted by molar-refractivity contribution is 0.0747. The van der Waals surface area contributed by atoms with Crippen LogP contribution >= 0.6 is 22.6 Å². The molecule has 0 fully saturated rings. The number of halogens is 1. The minimum atomic E-state index is -0.0185. The molecule has 2 N–H and O–H groups in total. The van der Waals surface area contributed by atoms with E-state index in [1.165, 1.54) is 0 Å². The van der Waals surface area contributed by atoms with Crippen LogP contribution in [0.15, 0.2) is 18.2 Å². The summed E-state index contributed by atoms with van der Waals surface area (Å²) in [5.41, 5.74) is 6.23. The van der Waals surface area contributed by atoms with Crippen molar-refractivity contribution in [1.82, 2.24) is 4.90 Å². The number of nitrogens with zero attached hydrogens (tertiary/aromatic N) is 1.